The van der Waals surface area contributed by atoms with Crippen LogP contribution in [-0.2, 0) is 0 Å². The number of carbonyl (C=O) groups is 1. The summed E-state index contributed by atoms with van der Waals surface area (Å²) >= 11 is 0. The molecule has 1 saturated heterocycles. The molecule has 118 valence electrons. The van der Waals surface area contributed by atoms with E-state index < -0.39 is 0 Å². The summed E-state index contributed by atoms with van der Waals surface area (Å²) in [7, 11) is 0. The number of nitrogens with zero attached hydrogens (tertiary/aromatic N) is 4. The van der Waals surface area contributed by atoms with Crippen molar-refractivity contribution < 1.29 is 4.79 Å². The predicted molar refractivity (Wildman–Crippen MR) is 86.7 cm³/mol. The van der Waals surface area contributed by atoms with Crippen molar-refractivity contribution in [2.24, 2.45) is 0 Å². The monoisotopic (exact) mass is 321 g/mol. The van der Waals surface area contributed by atoms with Crippen LogP contribution in [0.2, 0.25) is 0 Å². The minimum Gasteiger partial charge on any atom is -0.337 e. The highest BCUT2D eigenvalue weighted by atomic mass is 35.5. The summed E-state index contributed by atoms with van der Waals surface area (Å²) in [6, 6.07) is 5.72. The highest BCUT2D eigenvalue weighted by molar-refractivity contribution is 5.94. The zero-order valence-corrected chi connectivity index (χ0v) is 13.3. The molecule has 0 saturated carbocycles. The molecule has 22 heavy (non-hydrogen) atoms. The van der Waals surface area contributed by atoms with Gasteiger partial charge in [-0.1, -0.05) is 0 Å². The molecule has 3 rings (SSSR count). The molecule has 0 aliphatic carbocycles. The SMILES string of the molecule is Cc1cc(C(=O)N2CCCNCC2)ccc1-n1cncn1.Cl. The first-order chi connectivity index (χ1) is 10.3. The zero-order valence-electron chi connectivity index (χ0n) is 12.5. The summed E-state index contributed by atoms with van der Waals surface area (Å²) in [6.45, 7) is 5.41. The first-order valence-electron chi connectivity index (χ1n) is 7.21. The molecule has 1 aromatic heterocycles. The number of nitrogens with one attached hydrogen (secondary N) is 1. The van der Waals surface area contributed by atoms with E-state index in [0.29, 0.717) is 0 Å². The molecular formula is C15H20ClN5O. The second-order valence-electron chi connectivity index (χ2n) is 5.24. The smallest absolute Gasteiger partial charge is 0.253 e. The van der Waals surface area contributed by atoms with Gasteiger partial charge in [-0.3, -0.25) is 4.79 Å². The highest BCUT2D eigenvalue weighted by Crippen LogP contribution is 2.16. The Bertz CT molecular complexity index is 621. The van der Waals surface area contributed by atoms with Crippen molar-refractivity contribution in [1.29, 1.82) is 0 Å². The molecule has 1 N–H and O–H groups in total. The first kappa shape index (κ1) is 16.5. The Morgan fingerprint density at radius 2 is 2.14 bits per heavy atom. The van der Waals surface area contributed by atoms with Crippen LogP contribution in [0.15, 0.2) is 30.9 Å². The number of carbonyl (C=O) groups excluding carboxylic acids is 1. The van der Waals surface area contributed by atoms with Crippen LogP contribution in [0.3, 0.4) is 0 Å². The Morgan fingerprint density at radius 3 is 2.86 bits per heavy atom. The average Bonchev–Trinajstić information content (AvgIpc) is 2.88. The van der Waals surface area contributed by atoms with Gasteiger partial charge >= 0.3 is 0 Å². The van der Waals surface area contributed by atoms with Gasteiger partial charge in [0.1, 0.15) is 12.7 Å². The molecule has 0 unspecified atom stereocenters. The third-order valence-electron chi connectivity index (χ3n) is 3.74. The van der Waals surface area contributed by atoms with Crippen LogP contribution < -0.4 is 5.32 Å². The number of aryl methyl sites for hydroxylation is 1. The molecule has 1 amide bonds. The Kier molecular flexibility index (Phi) is 5.51. The van der Waals surface area contributed by atoms with Crippen LogP contribution in [0, 0.1) is 6.92 Å². The van der Waals surface area contributed by atoms with E-state index >= 15 is 0 Å². The van der Waals surface area contributed by atoms with Gasteiger partial charge < -0.3 is 10.2 Å². The van der Waals surface area contributed by atoms with Crippen molar-refractivity contribution in [1.82, 2.24) is 25.0 Å². The molecule has 1 aromatic carbocycles. The minimum atomic E-state index is 0. The minimum absolute atomic E-state index is 0. The summed E-state index contributed by atoms with van der Waals surface area (Å²) in [5, 5.41) is 7.44. The van der Waals surface area contributed by atoms with Crippen LogP contribution in [-0.4, -0.2) is 51.8 Å². The van der Waals surface area contributed by atoms with E-state index in [-0.39, 0.29) is 18.3 Å². The van der Waals surface area contributed by atoms with Crippen molar-refractivity contribution in [2.45, 2.75) is 13.3 Å². The van der Waals surface area contributed by atoms with Gasteiger partial charge in [-0.05, 0) is 43.7 Å². The summed E-state index contributed by atoms with van der Waals surface area (Å²) in [4.78, 5) is 18.4. The van der Waals surface area contributed by atoms with Crippen LogP contribution in [0.25, 0.3) is 5.69 Å². The second-order valence-corrected chi connectivity index (χ2v) is 5.24. The number of aromatic nitrogens is 3. The predicted octanol–water partition coefficient (Wildman–Crippen LogP) is 1.43. The number of hydrogen-bond acceptors (Lipinski definition) is 4. The molecule has 1 aliphatic heterocycles. The van der Waals surface area contributed by atoms with Gasteiger partial charge in [0.25, 0.3) is 5.91 Å². The Labute approximate surface area is 135 Å². The molecule has 1 fully saturated rings. The van der Waals surface area contributed by atoms with Gasteiger partial charge in [0.15, 0.2) is 0 Å². The standard InChI is InChI=1S/C15H19N5O.ClH/c1-12-9-13(3-4-14(12)20-11-17-10-18-20)15(21)19-7-2-5-16-6-8-19;/h3-4,9-11,16H,2,5-8H2,1H3;1H. The fourth-order valence-corrected chi connectivity index (χ4v) is 2.61. The maximum atomic E-state index is 12.6. The van der Waals surface area contributed by atoms with E-state index in [0.717, 1.165) is 49.4 Å². The van der Waals surface area contributed by atoms with E-state index in [1.165, 1.54) is 6.33 Å². The summed E-state index contributed by atoms with van der Waals surface area (Å²) in [5.41, 5.74) is 2.69. The zero-order chi connectivity index (χ0) is 14.7. The Hall–Kier alpha value is -1.92. The molecular weight excluding hydrogens is 302 g/mol. The van der Waals surface area contributed by atoms with Crippen LogP contribution in [0.5, 0.6) is 0 Å². The van der Waals surface area contributed by atoms with Crippen molar-refractivity contribution in [2.75, 3.05) is 26.2 Å². The van der Waals surface area contributed by atoms with Gasteiger partial charge in [0.2, 0.25) is 0 Å². The Morgan fingerprint density at radius 1 is 1.27 bits per heavy atom. The lowest BCUT2D eigenvalue weighted by Gasteiger charge is -2.20. The Balaban J connectivity index is 0.00000176. The van der Waals surface area contributed by atoms with E-state index in [2.05, 4.69) is 15.4 Å². The second kappa shape index (κ2) is 7.38. The van der Waals surface area contributed by atoms with Gasteiger partial charge in [-0.15, -0.1) is 12.4 Å². The normalized spacial score (nSPS) is 15.0. The van der Waals surface area contributed by atoms with E-state index in [9.17, 15) is 4.79 Å². The van der Waals surface area contributed by atoms with E-state index in [1.54, 1.807) is 11.0 Å². The summed E-state index contributed by atoms with van der Waals surface area (Å²) < 4.78 is 1.71. The van der Waals surface area contributed by atoms with Gasteiger partial charge in [0.05, 0.1) is 5.69 Å². The number of amides is 1. The maximum Gasteiger partial charge on any atom is 0.253 e. The van der Waals surface area contributed by atoms with Crippen molar-refractivity contribution >= 4 is 18.3 Å². The number of hydrogen-bond donors (Lipinski definition) is 1. The van der Waals surface area contributed by atoms with Crippen LogP contribution >= 0.6 is 12.4 Å². The molecule has 2 aromatic rings. The van der Waals surface area contributed by atoms with Crippen LogP contribution in [0.4, 0.5) is 0 Å². The fourth-order valence-electron chi connectivity index (χ4n) is 2.61. The van der Waals surface area contributed by atoms with Crippen molar-refractivity contribution in [3.05, 3.63) is 42.0 Å². The fraction of sp³-hybridized carbons (Fsp3) is 0.400. The van der Waals surface area contributed by atoms with Crippen molar-refractivity contribution in [3.8, 4) is 5.69 Å². The molecule has 0 bridgehead atoms. The topological polar surface area (TPSA) is 63.1 Å². The number of benzene rings is 1. The van der Waals surface area contributed by atoms with Gasteiger partial charge in [-0.25, -0.2) is 9.67 Å². The molecule has 0 spiro atoms. The third kappa shape index (κ3) is 3.45. The molecule has 1 aliphatic rings. The van der Waals surface area contributed by atoms with E-state index in [4.69, 9.17) is 0 Å². The third-order valence-corrected chi connectivity index (χ3v) is 3.74. The van der Waals surface area contributed by atoms with E-state index in [1.807, 2.05) is 30.0 Å². The average molecular weight is 322 g/mol. The lowest BCUT2D eigenvalue weighted by molar-refractivity contribution is 0.0766. The summed E-state index contributed by atoms with van der Waals surface area (Å²) in [5.74, 6) is 0.104. The maximum absolute atomic E-state index is 12.6. The molecule has 2 heterocycles. The number of rotatable bonds is 2. The highest BCUT2D eigenvalue weighted by Gasteiger charge is 2.17. The lowest BCUT2D eigenvalue weighted by Crippen LogP contribution is -2.34. The lowest BCUT2D eigenvalue weighted by atomic mass is 10.1. The molecule has 7 heteroatoms. The molecule has 6 nitrogen and oxygen atoms in total. The summed E-state index contributed by atoms with van der Waals surface area (Å²) in [6.07, 6.45) is 4.16. The first-order valence-corrected chi connectivity index (χ1v) is 7.21. The molecule has 0 radical (unpaired) electrons. The molecule has 0 atom stereocenters. The number of halogens is 1. The van der Waals surface area contributed by atoms with Gasteiger partial charge in [0, 0.05) is 25.2 Å². The van der Waals surface area contributed by atoms with Crippen LogP contribution in [0.1, 0.15) is 22.3 Å². The van der Waals surface area contributed by atoms with Gasteiger partial charge in [-0.2, -0.15) is 5.10 Å². The van der Waals surface area contributed by atoms with Crippen molar-refractivity contribution in [3.63, 3.8) is 0 Å². The quantitative estimate of drug-likeness (QED) is 0.909. The largest absolute Gasteiger partial charge is 0.337 e.